The Morgan fingerprint density at radius 2 is 2.09 bits per heavy atom. The molecule has 11 heavy (non-hydrogen) atoms. The van der Waals surface area contributed by atoms with Crippen molar-refractivity contribution in [2.45, 2.75) is 24.7 Å². The zero-order valence-electron chi connectivity index (χ0n) is 6.42. The van der Waals surface area contributed by atoms with Gasteiger partial charge in [-0.1, -0.05) is 0 Å². The van der Waals surface area contributed by atoms with E-state index in [9.17, 15) is 9.59 Å². The molecule has 1 amide bonds. The number of amides is 1. The average molecular weight is 224 g/mol. The summed E-state index contributed by atoms with van der Waals surface area (Å²) in [6, 6.07) is 0. The van der Waals surface area contributed by atoms with Crippen LogP contribution in [0.1, 0.15) is 13.8 Å². The van der Waals surface area contributed by atoms with Crippen LogP contribution in [0.5, 0.6) is 0 Å². The second-order valence-electron chi connectivity index (χ2n) is 2.48. The Labute approximate surface area is 73.2 Å². The molecule has 0 saturated carbocycles. The van der Waals surface area contributed by atoms with Crippen LogP contribution in [0.15, 0.2) is 0 Å². The van der Waals surface area contributed by atoms with Crippen LogP contribution in [0, 0.1) is 0 Å². The summed E-state index contributed by atoms with van der Waals surface area (Å²) in [6.45, 7) is 2.76. The fourth-order valence-corrected chi connectivity index (χ4v) is 0.999. The van der Waals surface area contributed by atoms with Crippen LogP contribution in [-0.2, 0) is 9.59 Å². The average Bonchev–Trinajstić information content (AvgIpc) is 1.86. The van der Waals surface area contributed by atoms with Crippen LogP contribution < -0.4 is 5.32 Å². The summed E-state index contributed by atoms with van der Waals surface area (Å²) in [7, 11) is 0. The molecule has 0 aliphatic heterocycles. The van der Waals surface area contributed by atoms with Gasteiger partial charge in [0.15, 0.2) is 0 Å². The molecule has 0 heterocycles. The minimum atomic E-state index is -1.15. The number of aliphatic carboxylic acids is 1. The number of hydrogen-bond donors (Lipinski definition) is 2. The number of carboxylic acids is 1. The van der Waals surface area contributed by atoms with E-state index in [0.717, 1.165) is 0 Å². The van der Waals surface area contributed by atoms with Gasteiger partial charge < -0.3 is 0 Å². The molecule has 2 N–H and O–H groups in total. The van der Waals surface area contributed by atoms with Crippen molar-refractivity contribution in [1.29, 1.82) is 0 Å². The summed E-state index contributed by atoms with van der Waals surface area (Å²) < 4.78 is 0. The van der Waals surface area contributed by atoms with E-state index in [-0.39, 0.29) is 5.91 Å². The maximum absolute atomic E-state index is 10.6. The molecule has 0 aromatic heterocycles. The Bertz CT molecular complexity index is 183. The Morgan fingerprint density at radius 3 is 2.18 bits per heavy atom. The minimum absolute atomic E-state index is 0.314. The molecular weight excluding hydrogens is 213 g/mol. The molecule has 0 rings (SSSR count). The second kappa shape index (κ2) is 3.74. The summed E-state index contributed by atoms with van der Waals surface area (Å²) >= 11 is 2.14. The second-order valence-corrected chi connectivity index (χ2v) is 3.14. The molecule has 5 heteroatoms. The van der Waals surface area contributed by atoms with Gasteiger partial charge in [0.1, 0.15) is 0 Å². The van der Waals surface area contributed by atoms with E-state index in [1.807, 2.05) is 0 Å². The normalized spacial score (nSPS) is 15.2. The first-order valence-corrected chi connectivity index (χ1v) is 4.38. The molecular formula is C6H11NO3Se. The van der Waals surface area contributed by atoms with E-state index < -0.39 is 11.5 Å². The molecule has 0 aromatic rings. The van der Waals surface area contributed by atoms with Gasteiger partial charge in [0.25, 0.3) is 0 Å². The third kappa shape index (κ3) is 2.91. The van der Waals surface area contributed by atoms with Crippen LogP contribution in [0.3, 0.4) is 0 Å². The first kappa shape index (κ1) is 10.5. The Morgan fingerprint density at radius 1 is 1.64 bits per heavy atom. The van der Waals surface area contributed by atoms with Crippen LogP contribution in [0.2, 0.25) is 5.32 Å². The molecule has 0 bridgehead atoms. The molecule has 64 valence electrons. The van der Waals surface area contributed by atoms with E-state index in [1.54, 1.807) is 0 Å². The van der Waals surface area contributed by atoms with Crippen molar-refractivity contribution in [3.63, 3.8) is 0 Å². The summed E-state index contributed by atoms with van der Waals surface area (Å²) in [5.74, 6) is -1.35. The summed E-state index contributed by atoms with van der Waals surface area (Å²) in [5.41, 5.74) is -1.15. The standard InChI is InChI=1S/C6H11NO3Se/c1-4(8)7-6(2,3-11)5(9)10/h11H,3H2,1-2H3,(H,7,8)(H,9,10). The van der Waals surface area contributed by atoms with Crippen molar-refractivity contribution in [2.24, 2.45) is 0 Å². The Balaban J connectivity index is 4.34. The topological polar surface area (TPSA) is 66.4 Å². The van der Waals surface area contributed by atoms with Gasteiger partial charge in [0.05, 0.1) is 0 Å². The quantitative estimate of drug-likeness (QED) is 0.622. The van der Waals surface area contributed by atoms with Gasteiger partial charge >= 0.3 is 72.6 Å². The number of carboxylic acid groups (broad SMARTS) is 1. The number of nitrogens with one attached hydrogen (secondary N) is 1. The van der Waals surface area contributed by atoms with E-state index in [4.69, 9.17) is 5.11 Å². The third-order valence-electron chi connectivity index (χ3n) is 1.24. The van der Waals surface area contributed by atoms with Gasteiger partial charge in [-0.25, -0.2) is 0 Å². The molecule has 0 saturated heterocycles. The van der Waals surface area contributed by atoms with Crippen LogP contribution in [0.25, 0.3) is 0 Å². The van der Waals surface area contributed by atoms with Crippen molar-refractivity contribution in [3.8, 4) is 0 Å². The van der Waals surface area contributed by atoms with Gasteiger partial charge in [-0.3, -0.25) is 0 Å². The summed E-state index contributed by atoms with van der Waals surface area (Å²) in [6.07, 6.45) is 0. The van der Waals surface area contributed by atoms with Gasteiger partial charge in [-0.2, -0.15) is 0 Å². The Hall–Kier alpha value is -0.541. The van der Waals surface area contributed by atoms with E-state index in [2.05, 4.69) is 21.3 Å². The van der Waals surface area contributed by atoms with Crippen molar-refractivity contribution in [2.75, 3.05) is 0 Å². The molecule has 0 fully saturated rings. The molecule has 4 nitrogen and oxygen atoms in total. The zero-order valence-corrected chi connectivity index (χ0v) is 8.29. The Kier molecular flexibility index (Phi) is 3.55. The summed E-state index contributed by atoms with van der Waals surface area (Å²) in [5, 5.41) is 11.3. The molecule has 0 spiro atoms. The predicted octanol–water partition coefficient (Wildman–Crippen LogP) is -0.715. The molecule has 0 aliphatic carbocycles. The van der Waals surface area contributed by atoms with E-state index >= 15 is 0 Å². The molecule has 1 atom stereocenters. The van der Waals surface area contributed by atoms with Gasteiger partial charge in [-0.15, -0.1) is 0 Å². The summed E-state index contributed by atoms with van der Waals surface area (Å²) in [4.78, 5) is 21.1. The monoisotopic (exact) mass is 225 g/mol. The van der Waals surface area contributed by atoms with Crippen LogP contribution in [0.4, 0.5) is 0 Å². The van der Waals surface area contributed by atoms with Crippen molar-refractivity contribution in [3.05, 3.63) is 0 Å². The predicted molar refractivity (Wildman–Crippen MR) is 41.8 cm³/mol. The van der Waals surface area contributed by atoms with Crippen molar-refractivity contribution >= 4 is 27.9 Å². The first-order valence-electron chi connectivity index (χ1n) is 3.05. The van der Waals surface area contributed by atoms with Gasteiger partial charge in [-0.05, 0) is 0 Å². The van der Waals surface area contributed by atoms with E-state index in [1.165, 1.54) is 13.8 Å². The SMILES string of the molecule is CC(=O)NC(C)(C[SeH])C(=O)O. The van der Waals surface area contributed by atoms with Crippen LogP contribution in [-0.4, -0.2) is 38.5 Å². The fourth-order valence-electron chi connectivity index (χ4n) is 0.549. The number of rotatable bonds is 3. The molecule has 0 radical (unpaired) electrons. The number of carbonyl (C=O) groups is 2. The number of hydrogen-bond acceptors (Lipinski definition) is 2. The number of carbonyl (C=O) groups excluding carboxylic acids is 1. The maximum atomic E-state index is 10.6. The molecule has 1 unspecified atom stereocenters. The fraction of sp³-hybridized carbons (Fsp3) is 0.667. The van der Waals surface area contributed by atoms with Crippen LogP contribution >= 0.6 is 0 Å². The van der Waals surface area contributed by atoms with Gasteiger partial charge in [0.2, 0.25) is 0 Å². The van der Waals surface area contributed by atoms with E-state index in [0.29, 0.717) is 5.32 Å². The first-order chi connectivity index (χ1) is 4.92. The van der Waals surface area contributed by atoms with Crippen molar-refractivity contribution in [1.82, 2.24) is 5.32 Å². The third-order valence-corrected chi connectivity index (χ3v) is 2.57. The zero-order chi connectivity index (χ0) is 9.07. The van der Waals surface area contributed by atoms with Gasteiger partial charge in [0, 0.05) is 0 Å². The van der Waals surface area contributed by atoms with Crippen molar-refractivity contribution < 1.29 is 14.7 Å². The molecule has 0 aliphatic rings. The molecule has 0 aromatic carbocycles.